The first kappa shape index (κ1) is 15.9. The normalized spacial score (nSPS) is 18.0. The molecule has 0 aliphatic heterocycles. The lowest BCUT2D eigenvalue weighted by atomic mass is 9.97. The molecule has 1 aromatic rings. The average molecular weight is 344 g/mol. The first-order valence-corrected chi connectivity index (χ1v) is 8.27. The molecule has 0 bridgehead atoms. The van der Waals surface area contributed by atoms with E-state index < -0.39 is 0 Å². The summed E-state index contributed by atoms with van der Waals surface area (Å²) in [5, 5.41) is 3.47. The zero-order chi connectivity index (χ0) is 14.5. The minimum Gasteiger partial charge on any atom is -0.376 e. The van der Waals surface area contributed by atoms with Crippen molar-refractivity contribution in [2.45, 2.75) is 45.3 Å². The predicted octanol–water partition coefficient (Wildman–Crippen LogP) is 4.44. The van der Waals surface area contributed by atoms with Crippen LogP contribution in [0.4, 0.5) is 4.39 Å². The van der Waals surface area contributed by atoms with E-state index in [0.717, 1.165) is 13.0 Å². The van der Waals surface area contributed by atoms with Crippen LogP contribution >= 0.6 is 15.9 Å². The van der Waals surface area contributed by atoms with Gasteiger partial charge in [-0.1, -0.05) is 19.1 Å². The van der Waals surface area contributed by atoms with Crippen LogP contribution in [0.15, 0.2) is 22.7 Å². The Morgan fingerprint density at radius 1 is 1.40 bits per heavy atom. The Morgan fingerprint density at radius 3 is 2.75 bits per heavy atom. The van der Waals surface area contributed by atoms with Crippen molar-refractivity contribution in [2.24, 2.45) is 5.92 Å². The van der Waals surface area contributed by atoms with Crippen LogP contribution in [0.1, 0.15) is 44.7 Å². The van der Waals surface area contributed by atoms with Crippen molar-refractivity contribution in [2.75, 3.05) is 13.2 Å². The second-order valence-electron chi connectivity index (χ2n) is 5.33. The number of nitrogens with one attached hydrogen (secondary N) is 1. The van der Waals surface area contributed by atoms with Gasteiger partial charge in [0, 0.05) is 12.2 Å². The molecule has 1 aliphatic rings. The molecule has 1 N–H and O–H groups in total. The van der Waals surface area contributed by atoms with E-state index in [0.29, 0.717) is 22.6 Å². The largest absolute Gasteiger partial charge is 0.376 e. The maximum absolute atomic E-state index is 14.4. The van der Waals surface area contributed by atoms with Crippen molar-refractivity contribution in [3.05, 3.63) is 34.1 Å². The SMILES string of the molecule is CCCNC(c1cccc(Br)c1F)C(OCC)C1CC1. The number of hydrogen-bond donors (Lipinski definition) is 1. The summed E-state index contributed by atoms with van der Waals surface area (Å²) in [6, 6.07) is 5.42. The van der Waals surface area contributed by atoms with Crippen molar-refractivity contribution in [1.82, 2.24) is 5.32 Å². The van der Waals surface area contributed by atoms with Gasteiger partial charge < -0.3 is 10.1 Å². The van der Waals surface area contributed by atoms with Gasteiger partial charge in [0.2, 0.25) is 0 Å². The van der Waals surface area contributed by atoms with Crippen LogP contribution in [-0.2, 0) is 4.74 Å². The van der Waals surface area contributed by atoms with E-state index in [2.05, 4.69) is 28.2 Å². The molecular weight excluding hydrogens is 321 g/mol. The summed E-state index contributed by atoms with van der Waals surface area (Å²) in [6.07, 6.45) is 3.46. The van der Waals surface area contributed by atoms with Crippen LogP contribution in [-0.4, -0.2) is 19.3 Å². The van der Waals surface area contributed by atoms with E-state index >= 15 is 0 Å². The molecule has 0 aromatic heterocycles. The lowest BCUT2D eigenvalue weighted by Gasteiger charge is -2.29. The summed E-state index contributed by atoms with van der Waals surface area (Å²) in [5.74, 6) is 0.383. The molecule has 2 nitrogen and oxygen atoms in total. The molecular formula is C16H23BrFNO. The molecule has 0 saturated heterocycles. The van der Waals surface area contributed by atoms with E-state index in [1.807, 2.05) is 19.1 Å². The van der Waals surface area contributed by atoms with E-state index in [4.69, 9.17) is 4.74 Å². The molecule has 0 radical (unpaired) electrons. The number of halogens is 2. The highest BCUT2D eigenvalue weighted by Gasteiger charge is 2.38. The van der Waals surface area contributed by atoms with Gasteiger partial charge in [-0.2, -0.15) is 0 Å². The van der Waals surface area contributed by atoms with E-state index in [1.165, 1.54) is 12.8 Å². The summed E-state index contributed by atoms with van der Waals surface area (Å²) < 4.78 is 20.9. The van der Waals surface area contributed by atoms with Gasteiger partial charge in [0.05, 0.1) is 16.6 Å². The van der Waals surface area contributed by atoms with Crippen LogP contribution in [0.5, 0.6) is 0 Å². The summed E-state index contributed by atoms with van der Waals surface area (Å²) >= 11 is 3.28. The molecule has 1 saturated carbocycles. The van der Waals surface area contributed by atoms with Crippen LogP contribution in [0, 0.1) is 11.7 Å². The Hall–Kier alpha value is -0.450. The van der Waals surface area contributed by atoms with Gasteiger partial charge in [0.15, 0.2) is 0 Å². The highest BCUT2D eigenvalue weighted by atomic mass is 79.9. The molecule has 2 rings (SSSR count). The molecule has 112 valence electrons. The third-order valence-electron chi connectivity index (χ3n) is 3.71. The van der Waals surface area contributed by atoms with E-state index in [9.17, 15) is 4.39 Å². The minimum atomic E-state index is -0.175. The number of benzene rings is 1. The maximum Gasteiger partial charge on any atom is 0.142 e. The zero-order valence-corrected chi connectivity index (χ0v) is 13.7. The summed E-state index contributed by atoms with van der Waals surface area (Å²) in [6.45, 7) is 5.66. The van der Waals surface area contributed by atoms with Crippen molar-refractivity contribution in [1.29, 1.82) is 0 Å². The third kappa shape index (κ3) is 3.80. The molecule has 20 heavy (non-hydrogen) atoms. The second kappa shape index (κ2) is 7.53. The van der Waals surface area contributed by atoms with E-state index in [-0.39, 0.29) is 18.0 Å². The monoisotopic (exact) mass is 343 g/mol. The highest BCUT2D eigenvalue weighted by Crippen LogP contribution is 2.41. The lowest BCUT2D eigenvalue weighted by Crippen LogP contribution is -2.36. The fourth-order valence-corrected chi connectivity index (χ4v) is 2.97. The van der Waals surface area contributed by atoms with Gasteiger partial charge in [0.25, 0.3) is 0 Å². The molecule has 4 heteroatoms. The molecule has 2 atom stereocenters. The van der Waals surface area contributed by atoms with Crippen molar-refractivity contribution in [3.63, 3.8) is 0 Å². The second-order valence-corrected chi connectivity index (χ2v) is 6.19. The van der Waals surface area contributed by atoms with Crippen LogP contribution in [0.3, 0.4) is 0 Å². The molecule has 0 heterocycles. The van der Waals surface area contributed by atoms with Crippen LogP contribution in [0.2, 0.25) is 0 Å². The highest BCUT2D eigenvalue weighted by molar-refractivity contribution is 9.10. The Balaban J connectivity index is 2.27. The van der Waals surface area contributed by atoms with Gasteiger partial charge in [-0.15, -0.1) is 0 Å². The predicted molar refractivity (Wildman–Crippen MR) is 83.3 cm³/mol. The molecule has 2 unspecified atom stereocenters. The molecule has 1 aliphatic carbocycles. The van der Waals surface area contributed by atoms with Crippen molar-refractivity contribution in [3.8, 4) is 0 Å². The standard InChI is InChI=1S/C16H23BrFNO/c1-3-10-19-15(16(20-4-2)11-8-9-11)12-6-5-7-13(17)14(12)18/h5-7,11,15-16,19H,3-4,8-10H2,1-2H3. The van der Waals surface area contributed by atoms with Crippen molar-refractivity contribution < 1.29 is 9.13 Å². The molecule has 1 aromatic carbocycles. The molecule has 0 spiro atoms. The molecule has 0 amide bonds. The lowest BCUT2D eigenvalue weighted by molar-refractivity contribution is 0.0177. The zero-order valence-electron chi connectivity index (χ0n) is 12.2. The topological polar surface area (TPSA) is 21.3 Å². The third-order valence-corrected chi connectivity index (χ3v) is 4.32. The fourth-order valence-electron chi connectivity index (χ4n) is 2.59. The van der Waals surface area contributed by atoms with Gasteiger partial charge in [0.1, 0.15) is 5.82 Å². The Labute approximate surface area is 129 Å². The Kier molecular flexibility index (Phi) is 6.00. The van der Waals surface area contributed by atoms with Gasteiger partial charge in [-0.05, 0) is 60.6 Å². The van der Waals surface area contributed by atoms with Gasteiger partial charge in [-0.25, -0.2) is 4.39 Å². The van der Waals surface area contributed by atoms with E-state index in [1.54, 1.807) is 6.07 Å². The first-order valence-electron chi connectivity index (χ1n) is 7.47. The van der Waals surface area contributed by atoms with Gasteiger partial charge in [-0.3, -0.25) is 0 Å². The Bertz CT molecular complexity index is 436. The number of hydrogen-bond acceptors (Lipinski definition) is 2. The van der Waals surface area contributed by atoms with Crippen molar-refractivity contribution >= 4 is 15.9 Å². The fraction of sp³-hybridized carbons (Fsp3) is 0.625. The summed E-state index contributed by atoms with van der Waals surface area (Å²) in [7, 11) is 0. The summed E-state index contributed by atoms with van der Waals surface area (Å²) in [5.41, 5.74) is 0.707. The average Bonchev–Trinajstić information content (AvgIpc) is 3.26. The summed E-state index contributed by atoms with van der Waals surface area (Å²) in [4.78, 5) is 0. The molecule has 1 fully saturated rings. The Morgan fingerprint density at radius 2 is 2.15 bits per heavy atom. The van der Waals surface area contributed by atoms with Crippen LogP contribution in [0.25, 0.3) is 0 Å². The number of ether oxygens (including phenoxy) is 1. The number of rotatable bonds is 8. The quantitative estimate of drug-likeness (QED) is 0.753. The minimum absolute atomic E-state index is 0.0651. The van der Waals surface area contributed by atoms with Gasteiger partial charge >= 0.3 is 0 Å². The van der Waals surface area contributed by atoms with Crippen LogP contribution < -0.4 is 5.32 Å². The maximum atomic E-state index is 14.4. The first-order chi connectivity index (χ1) is 9.69. The smallest absolute Gasteiger partial charge is 0.142 e.